The largest absolute Gasteiger partial charge is 0.381 e. The molecule has 0 radical (unpaired) electrons. The van der Waals surface area contributed by atoms with Gasteiger partial charge in [0.15, 0.2) is 0 Å². The zero-order valence-electron chi connectivity index (χ0n) is 16.8. The predicted octanol–water partition coefficient (Wildman–Crippen LogP) is 2.80. The number of likely N-dealkylation sites (tertiary alicyclic amines) is 1. The lowest BCUT2D eigenvalue weighted by Crippen LogP contribution is -2.31. The fraction of sp³-hybridized carbons (Fsp3) is 0.682. The van der Waals surface area contributed by atoms with Gasteiger partial charge in [-0.3, -0.25) is 4.68 Å². The van der Waals surface area contributed by atoms with E-state index in [1.165, 1.54) is 45.3 Å². The van der Waals surface area contributed by atoms with Crippen LogP contribution in [0.3, 0.4) is 0 Å². The van der Waals surface area contributed by atoms with E-state index in [1.54, 1.807) is 4.68 Å². The van der Waals surface area contributed by atoms with E-state index in [9.17, 15) is 0 Å². The van der Waals surface area contributed by atoms with Crippen molar-refractivity contribution in [2.75, 3.05) is 32.8 Å². The van der Waals surface area contributed by atoms with Gasteiger partial charge in [0, 0.05) is 51.7 Å². The second-order valence-electron chi connectivity index (χ2n) is 9.15. The van der Waals surface area contributed by atoms with Crippen molar-refractivity contribution in [3.63, 3.8) is 0 Å². The van der Waals surface area contributed by atoms with Gasteiger partial charge >= 0.3 is 0 Å². The highest BCUT2D eigenvalue weighted by Gasteiger charge is 2.41. The van der Waals surface area contributed by atoms with Crippen molar-refractivity contribution >= 4 is 0 Å². The fourth-order valence-electron chi connectivity index (χ4n) is 5.60. The van der Waals surface area contributed by atoms with Gasteiger partial charge in [0.1, 0.15) is 0 Å². The smallest absolute Gasteiger partial charge is 0.0961 e. The number of ether oxygens (including phenoxy) is 1. The van der Waals surface area contributed by atoms with Crippen molar-refractivity contribution < 1.29 is 4.74 Å². The molecule has 0 aromatic carbocycles. The number of fused-ring (bicyclic) bond motifs is 1. The van der Waals surface area contributed by atoms with Gasteiger partial charge in [-0.15, -0.1) is 0 Å². The van der Waals surface area contributed by atoms with Gasteiger partial charge in [0.25, 0.3) is 0 Å². The summed E-state index contributed by atoms with van der Waals surface area (Å²) in [5.41, 5.74) is 3.07. The second-order valence-corrected chi connectivity index (χ2v) is 9.15. The summed E-state index contributed by atoms with van der Waals surface area (Å²) in [5, 5.41) is 13.1. The van der Waals surface area contributed by atoms with Crippen molar-refractivity contribution in [1.82, 2.24) is 24.9 Å². The van der Waals surface area contributed by atoms with E-state index in [2.05, 4.69) is 32.3 Å². The molecule has 2 aromatic rings. The molecule has 3 atom stereocenters. The summed E-state index contributed by atoms with van der Waals surface area (Å²) in [6.45, 7) is 5.85. The highest BCUT2D eigenvalue weighted by atomic mass is 16.5. The van der Waals surface area contributed by atoms with Crippen LogP contribution in [-0.4, -0.2) is 57.7 Å². The molecule has 5 rings (SSSR count). The number of aryl methyl sites for hydroxylation is 1. The van der Waals surface area contributed by atoms with Crippen molar-refractivity contribution in [3.05, 3.63) is 30.2 Å². The Labute approximate surface area is 167 Å². The van der Waals surface area contributed by atoms with Crippen LogP contribution in [0.25, 0.3) is 11.3 Å². The fourth-order valence-corrected chi connectivity index (χ4v) is 5.60. The zero-order chi connectivity index (χ0) is 18.9. The molecule has 1 aliphatic carbocycles. The molecule has 1 saturated carbocycles. The first kappa shape index (κ1) is 18.3. The predicted molar refractivity (Wildman–Crippen MR) is 108 cm³/mol. The molecule has 0 amide bonds. The first-order chi connectivity index (χ1) is 13.7. The zero-order valence-corrected chi connectivity index (χ0v) is 16.8. The third kappa shape index (κ3) is 3.98. The van der Waals surface area contributed by atoms with E-state index >= 15 is 0 Å². The Balaban J connectivity index is 1.12. The molecular weight excluding hydrogens is 350 g/mol. The lowest BCUT2D eigenvalue weighted by molar-refractivity contribution is 0.0544. The number of hydrogen-bond donors (Lipinski definition) is 0. The molecule has 2 aromatic heterocycles. The van der Waals surface area contributed by atoms with Crippen LogP contribution < -0.4 is 0 Å². The maximum Gasteiger partial charge on any atom is 0.0961 e. The van der Waals surface area contributed by atoms with E-state index in [0.717, 1.165) is 60.3 Å². The Kier molecular flexibility index (Phi) is 5.16. The standard InChI is InChI=1S/C22H31N5O/c1-26-13-20(11-23-26)22-3-2-21(24-25-22)10-17-8-18-14-27(15-19(18)9-17)12-16-4-6-28-7-5-16/h2-3,11,13,16-19H,4-10,12,14-15H2,1H3/t17?,18-,19+. The van der Waals surface area contributed by atoms with Gasteiger partial charge in [-0.25, -0.2) is 0 Å². The Morgan fingerprint density at radius 2 is 1.82 bits per heavy atom. The minimum atomic E-state index is 0.777. The van der Waals surface area contributed by atoms with E-state index in [0.29, 0.717) is 0 Å². The number of rotatable bonds is 5. The molecule has 6 heteroatoms. The Morgan fingerprint density at radius 1 is 1.04 bits per heavy atom. The van der Waals surface area contributed by atoms with Crippen LogP contribution in [0.1, 0.15) is 31.4 Å². The summed E-state index contributed by atoms with van der Waals surface area (Å²) in [5.74, 6) is 3.43. The van der Waals surface area contributed by atoms with Crippen LogP contribution in [0, 0.1) is 23.7 Å². The summed E-state index contributed by atoms with van der Waals surface area (Å²) in [6.07, 6.45) is 10.1. The van der Waals surface area contributed by atoms with Crippen LogP contribution in [0.4, 0.5) is 0 Å². The molecule has 1 unspecified atom stereocenters. The molecule has 4 heterocycles. The average Bonchev–Trinajstić information content (AvgIpc) is 3.38. The third-order valence-electron chi connectivity index (χ3n) is 7.00. The quantitative estimate of drug-likeness (QED) is 0.797. The maximum atomic E-state index is 5.51. The van der Waals surface area contributed by atoms with E-state index in [1.807, 2.05) is 19.4 Å². The molecule has 6 nitrogen and oxygen atoms in total. The Bertz CT molecular complexity index is 768. The van der Waals surface area contributed by atoms with Gasteiger partial charge in [0.05, 0.1) is 17.6 Å². The van der Waals surface area contributed by atoms with E-state index in [-0.39, 0.29) is 0 Å². The van der Waals surface area contributed by atoms with Crippen molar-refractivity contribution in [2.24, 2.45) is 30.7 Å². The number of hydrogen-bond acceptors (Lipinski definition) is 5. The molecule has 2 aliphatic heterocycles. The molecule has 150 valence electrons. The van der Waals surface area contributed by atoms with Gasteiger partial charge < -0.3 is 9.64 Å². The molecule has 0 spiro atoms. The monoisotopic (exact) mass is 381 g/mol. The summed E-state index contributed by atoms with van der Waals surface area (Å²) in [7, 11) is 1.92. The first-order valence-electron chi connectivity index (χ1n) is 10.8. The van der Waals surface area contributed by atoms with Crippen LogP contribution in [0.15, 0.2) is 24.5 Å². The number of nitrogens with zero attached hydrogens (tertiary/aromatic N) is 5. The molecule has 0 N–H and O–H groups in total. The van der Waals surface area contributed by atoms with E-state index < -0.39 is 0 Å². The number of aromatic nitrogens is 4. The molecule has 28 heavy (non-hydrogen) atoms. The van der Waals surface area contributed by atoms with Gasteiger partial charge in [-0.05, 0) is 67.9 Å². The van der Waals surface area contributed by atoms with Crippen molar-refractivity contribution in [2.45, 2.75) is 32.1 Å². The normalized spacial score (nSPS) is 28.7. The third-order valence-corrected chi connectivity index (χ3v) is 7.00. The SMILES string of the molecule is Cn1cc(-c2ccc(CC3C[C@@H]4CN(CC5CCOCC5)C[C@@H]4C3)nn2)cn1. The average molecular weight is 382 g/mol. The summed E-state index contributed by atoms with van der Waals surface area (Å²) < 4.78 is 7.31. The lowest BCUT2D eigenvalue weighted by Gasteiger charge is -2.27. The molecule has 0 bridgehead atoms. The van der Waals surface area contributed by atoms with Gasteiger partial charge in [0.2, 0.25) is 0 Å². The van der Waals surface area contributed by atoms with Crippen LogP contribution >= 0.6 is 0 Å². The maximum absolute atomic E-state index is 5.51. The second kappa shape index (κ2) is 7.91. The summed E-state index contributed by atoms with van der Waals surface area (Å²) >= 11 is 0. The first-order valence-corrected chi connectivity index (χ1v) is 10.8. The highest BCUT2D eigenvalue weighted by molar-refractivity contribution is 5.55. The summed E-state index contributed by atoms with van der Waals surface area (Å²) in [4.78, 5) is 2.74. The minimum Gasteiger partial charge on any atom is -0.381 e. The van der Waals surface area contributed by atoms with E-state index in [4.69, 9.17) is 4.74 Å². The van der Waals surface area contributed by atoms with Crippen molar-refractivity contribution in [3.8, 4) is 11.3 Å². The highest BCUT2D eigenvalue weighted by Crippen LogP contribution is 2.43. The van der Waals surface area contributed by atoms with Crippen molar-refractivity contribution in [1.29, 1.82) is 0 Å². The van der Waals surface area contributed by atoms with Gasteiger partial charge in [-0.1, -0.05) is 0 Å². The Hall–Kier alpha value is -1.79. The molecule has 2 saturated heterocycles. The molecule has 3 aliphatic rings. The molecule has 3 fully saturated rings. The molecular formula is C22H31N5O. The Morgan fingerprint density at radius 3 is 2.46 bits per heavy atom. The van der Waals surface area contributed by atoms with Crippen LogP contribution in [0.5, 0.6) is 0 Å². The minimum absolute atomic E-state index is 0.777. The van der Waals surface area contributed by atoms with Gasteiger partial charge in [-0.2, -0.15) is 15.3 Å². The summed E-state index contributed by atoms with van der Waals surface area (Å²) in [6, 6.07) is 4.24. The van der Waals surface area contributed by atoms with Crippen LogP contribution in [-0.2, 0) is 18.2 Å². The van der Waals surface area contributed by atoms with Crippen LogP contribution in [0.2, 0.25) is 0 Å². The topological polar surface area (TPSA) is 56.1 Å². The lowest BCUT2D eigenvalue weighted by atomic mass is 9.98.